The standard InChI is InChI=1S/C17H23N3O3/c1-12-6-7-13(18-10-12)17(22)19-11-16(21)20-8-9-23-15-5-3-2-4-14(15)20/h2-5,12-13,18H,6-11H2,1H3,(H,19,22). The molecule has 3 rings (SSSR count). The van der Waals surface area contributed by atoms with Gasteiger partial charge in [0.05, 0.1) is 24.8 Å². The molecule has 2 unspecified atom stereocenters. The van der Waals surface area contributed by atoms with E-state index in [2.05, 4.69) is 17.6 Å². The Bertz CT molecular complexity index is 582. The fourth-order valence-electron chi connectivity index (χ4n) is 3.03. The summed E-state index contributed by atoms with van der Waals surface area (Å²) in [6.45, 7) is 4.01. The first-order valence-electron chi connectivity index (χ1n) is 8.18. The van der Waals surface area contributed by atoms with E-state index in [4.69, 9.17) is 4.74 Å². The molecule has 6 heteroatoms. The van der Waals surface area contributed by atoms with Crippen molar-refractivity contribution < 1.29 is 14.3 Å². The number of hydrogen-bond donors (Lipinski definition) is 2. The summed E-state index contributed by atoms with van der Waals surface area (Å²) in [5, 5.41) is 5.99. The van der Waals surface area contributed by atoms with Crippen LogP contribution in [-0.2, 0) is 9.59 Å². The molecular weight excluding hydrogens is 294 g/mol. The van der Waals surface area contributed by atoms with Crippen molar-refractivity contribution in [2.45, 2.75) is 25.8 Å². The summed E-state index contributed by atoms with van der Waals surface area (Å²) < 4.78 is 5.54. The van der Waals surface area contributed by atoms with Gasteiger partial charge in [0.2, 0.25) is 11.8 Å². The van der Waals surface area contributed by atoms with Gasteiger partial charge < -0.3 is 20.3 Å². The lowest BCUT2D eigenvalue weighted by molar-refractivity contribution is -0.127. The van der Waals surface area contributed by atoms with Crippen molar-refractivity contribution in [2.24, 2.45) is 5.92 Å². The van der Waals surface area contributed by atoms with Crippen molar-refractivity contribution in [1.82, 2.24) is 10.6 Å². The number of ether oxygens (including phenoxy) is 1. The highest BCUT2D eigenvalue weighted by Crippen LogP contribution is 2.30. The third-order valence-electron chi connectivity index (χ3n) is 4.42. The number of nitrogens with zero attached hydrogens (tertiary/aromatic N) is 1. The number of anilines is 1. The molecule has 0 bridgehead atoms. The van der Waals surface area contributed by atoms with Gasteiger partial charge in [-0.2, -0.15) is 0 Å². The van der Waals surface area contributed by atoms with E-state index in [0.29, 0.717) is 24.8 Å². The number of carbonyl (C=O) groups is 2. The summed E-state index contributed by atoms with van der Waals surface area (Å²) in [5.41, 5.74) is 0.766. The number of amides is 2. The number of para-hydroxylation sites is 2. The summed E-state index contributed by atoms with van der Waals surface area (Å²) in [7, 11) is 0. The zero-order chi connectivity index (χ0) is 16.2. The second-order valence-corrected chi connectivity index (χ2v) is 6.22. The summed E-state index contributed by atoms with van der Waals surface area (Å²) in [6, 6.07) is 7.28. The van der Waals surface area contributed by atoms with Crippen molar-refractivity contribution >= 4 is 17.5 Å². The van der Waals surface area contributed by atoms with Crippen LogP contribution >= 0.6 is 0 Å². The van der Waals surface area contributed by atoms with Crippen LogP contribution < -0.4 is 20.3 Å². The number of fused-ring (bicyclic) bond motifs is 1. The second kappa shape index (κ2) is 7.00. The van der Waals surface area contributed by atoms with Crippen molar-refractivity contribution in [3.05, 3.63) is 24.3 Å². The van der Waals surface area contributed by atoms with Crippen molar-refractivity contribution in [3.63, 3.8) is 0 Å². The lowest BCUT2D eigenvalue weighted by Crippen LogP contribution is -2.51. The molecule has 6 nitrogen and oxygen atoms in total. The predicted octanol–water partition coefficient (Wildman–Crippen LogP) is 0.916. The topological polar surface area (TPSA) is 70.7 Å². The summed E-state index contributed by atoms with van der Waals surface area (Å²) in [4.78, 5) is 26.3. The van der Waals surface area contributed by atoms with Crippen LogP contribution in [0.5, 0.6) is 5.75 Å². The Morgan fingerprint density at radius 3 is 2.96 bits per heavy atom. The molecule has 2 atom stereocenters. The zero-order valence-electron chi connectivity index (χ0n) is 13.4. The summed E-state index contributed by atoms with van der Waals surface area (Å²) in [5.74, 6) is 1.11. The second-order valence-electron chi connectivity index (χ2n) is 6.22. The number of piperidine rings is 1. The Kier molecular flexibility index (Phi) is 4.81. The maximum absolute atomic E-state index is 12.4. The molecule has 2 heterocycles. The minimum atomic E-state index is -0.184. The zero-order valence-corrected chi connectivity index (χ0v) is 13.4. The normalized spacial score (nSPS) is 23.6. The number of rotatable bonds is 3. The maximum Gasteiger partial charge on any atom is 0.246 e. The number of carbonyl (C=O) groups excluding carboxylic acids is 2. The van der Waals surface area contributed by atoms with E-state index in [0.717, 1.165) is 25.1 Å². The van der Waals surface area contributed by atoms with Crippen LogP contribution in [-0.4, -0.2) is 44.1 Å². The van der Waals surface area contributed by atoms with Gasteiger partial charge in [0.1, 0.15) is 12.4 Å². The molecule has 0 saturated carbocycles. The fourth-order valence-corrected chi connectivity index (χ4v) is 3.03. The van der Waals surface area contributed by atoms with Crippen LogP contribution in [0, 0.1) is 5.92 Å². The number of nitrogens with one attached hydrogen (secondary N) is 2. The molecule has 2 amide bonds. The van der Waals surface area contributed by atoms with Gasteiger partial charge in [0.15, 0.2) is 0 Å². The van der Waals surface area contributed by atoms with E-state index < -0.39 is 0 Å². The molecular formula is C17H23N3O3. The van der Waals surface area contributed by atoms with Gasteiger partial charge >= 0.3 is 0 Å². The van der Waals surface area contributed by atoms with E-state index in [9.17, 15) is 9.59 Å². The molecule has 0 spiro atoms. The Hall–Kier alpha value is -2.08. The van der Waals surface area contributed by atoms with Gasteiger partial charge in [0, 0.05) is 0 Å². The van der Waals surface area contributed by atoms with Crippen molar-refractivity contribution in [1.29, 1.82) is 0 Å². The van der Waals surface area contributed by atoms with E-state index in [1.54, 1.807) is 4.90 Å². The van der Waals surface area contributed by atoms with Gasteiger partial charge in [-0.3, -0.25) is 9.59 Å². The van der Waals surface area contributed by atoms with Crippen LogP contribution in [0.1, 0.15) is 19.8 Å². The fraction of sp³-hybridized carbons (Fsp3) is 0.529. The lowest BCUT2D eigenvalue weighted by Gasteiger charge is -2.30. The highest BCUT2D eigenvalue weighted by molar-refractivity contribution is 5.98. The Labute approximate surface area is 136 Å². The molecule has 124 valence electrons. The molecule has 1 fully saturated rings. The van der Waals surface area contributed by atoms with Gasteiger partial charge in [-0.15, -0.1) is 0 Å². The smallest absolute Gasteiger partial charge is 0.246 e. The van der Waals surface area contributed by atoms with Gasteiger partial charge in [-0.1, -0.05) is 19.1 Å². The Balaban J connectivity index is 1.55. The van der Waals surface area contributed by atoms with E-state index in [1.165, 1.54) is 0 Å². The quantitative estimate of drug-likeness (QED) is 0.869. The maximum atomic E-state index is 12.4. The highest BCUT2D eigenvalue weighted by atomic mass is 16.5. The van der Waals surface area contributed by atoms with Crippen molar-refractivity contribution in [3.8, 4) is 5.75 Å². The van der Waals surface area contributed by atoms with Crippen molar-refractivity contribution in [2.75, 3.05) is 31.1 Å². The first-order valence-corrected chi connectivity index (χ1v) is 8.18. The predicted molar refractivity (Wildman–Crippen MR) is 87.5 cm³/mol. The van der Waals surface area contributed by atoms with Crippen LogP contribution in [0.15, 0.2) is 24.3 Å². The molecule has 0 aliphatic carbocycles. The Morgan fingerprint density at radius 1 is 1.35 bits per heavy atom. The largest absolute Gasteiger partial charge is 0.490 e. The monoisotopic (exact) mass is 317 g/mol. The number of benzene rings is 1. The van der Waals surface area contributed by atoms with Crippen LogP contribution in [0.2, 0.25) is 0 Å². The molecule has 1 aromatic rings. The third kappa shape index (κ3) is 3.64. The van der Waals surface area contributed by atoms with Crippen LogP contribution in [0.25, 0.3) is 0 Å². The highest BCUT2D eigenvalue weighted by Gasteiger charge is 2.26. The average Bonchev–Trinajstić information content (AvgIpc) is 2.59. The molecule has 0 aromatic heterocycles. The molecule has 1 aromatic carbocycles. The molecule has 23 heavy (non-hydrogen) atoms. The minimum absolute atomic E-state index is 0.0148. The molecule has 0 radical (unpaired) electrons. The first kappa shape index (κ1) is 15.8. The SMILES string of the molecule is CC1CCC(C(=O)NCC(=O)N2CCOc3ccccc32)NC1. The molecule has 1 saturated heterocycles. The first-order chi connectivity index (χ1) is 11.1. The summed E-state index contributed by atoms with van der Waals surface area (Å²) in [6.07, 6.45) is 1.86. The Morgan fingerprint density at radius 2 is 2.17 bits per heavy atom. The molecule has 2 aliphatic rings. The van der Waals surface area contributed by atoms with E-state index in [1.807, 2.05) is 24.3 Å². The van der Waals surface area contributed by atoms with Gasteiger partial charge in [0.25, 0.3) is 0 Å². The van der Waals surface area contributed by atoms with E-state index in [-0.39, 0.29) is 24.4 Å². The van der Waals surface area contributed by atoms with Gasteiger partial charge in [-0.05, 0) is 37.4 Å². The van der Waals surface area contributed by atoms with Crippen LogP contribution in [0.4, 0.5) is 5.69 Å². The van der Waals surface area contributed by atoms with Crippen LogP contribution in [0.3, 0.4) is 0 Å². The molecule has 2 aliphatic heterocycles. The van der Waals surface area contributed by atoms with E-state index >= 15 is 0 Å². The third-order valence-corrected chi connectivity index (χ3v) is 4.42. The average molecular weight is 317 g/mol. The van der Waals surface area contributed by atoms with Gasteiger partial charge in [-0.25, -0.2) is 0 Å². The minimum Gasteiger partial charge on any atom is -0.490 e. The summed E-state index contributed by atoms with van der Waals surface area (Å²) >= 11 is 0. The molecule has 2 N–H and O–H groups in total. The lowest BCUT2D eigenvalue weighted by atomic mass is 9.96. The number of hydrogen-bond acceptors (Lipinski definition) is 4.